The first kappa shape index (κ1) is 16.6. The molecule has 0 bridgehead atoms. The molecule has 0 amide bonds. The van der Waals surface area contributed by atoms with Crippen molar-refractivity contribution in [2.75, 3.05) is 6.61 Å². The van der Waals surface area contributed by atoms with E-state index < -0.39 is 5.60 Å². The highest BCUT2D eigenvalue weighted by Gasteiger charge is 2.26. The maximum Gasteiger partial charge on any atom is 0.164 e. The van der Waals surface area contributed by atoms with E-state index >= 15 is 0 Å². The van der Waals surface area contributed by atoms with Gasteiger partial charge in [-0.05, 0) is 32.6 Å². The van der Waals surface area contributed by atoms with Gasteiger partial charge in [-0.3, -0.25) is 4.79 Å². The van der Waals surface area contributed by atoms with E-state index in [1.54, 1.807) is 6.92 Å². The third-order valence-electron chi connectivity index (χ3n) is 3.07. The Morgan fingerprint density at radius 2 is 2.00 bits per heavy atom. The average Bonchev–Trinajstić information content (AvgIpc) is 2.32. The van der Waals surface area contributed by atoms with E-state index in [1.807, 2.05) is 13.8 Å². The fourth-order valence-corrected chi connectivity index (χ4v) is 1.38. The molecule has 0 aliphatic carbocycles. The van der Waals surface area contributed by atoms with Gasteiger partial charge in [0, 0.05) is 13.0 Å². The molecule has 0 aliphatic heterocycles. The Morgan fingerprint density at radius 1 is 1.35 bits per heavy atom. The number of Topliss-reactive ketones (excluding diaryl/α,β-unsaturated/α-hetero) is 1. The van der Waals surface area contributed by atoms with Crippen LogP contribution in [0.25, 0.3) is 0 Å². The third-order valence-corrected chi connectivity index (χ3v) is 3.07. The van der Waals surface area contributed by atoms with Crippen molar-refractivity contribution in [2.45, 2.75) is 71.1 Å². The Labute approximate surface area is 105 Å². The van der Waals surface area contributed by atoms with Crippen LogP contribution in [-0.2, 0) is 9.53 Å². The molecule has 0 saturated heterocycles. The summed E-state index contributed by atoms with van der Waals surface area (Å²) in [4.78, 5) is 11.6. The van der Waals surface area contributed by atoms with E-state index in [9.17, 15) is 9.90 Å². The minimum absolute atomic E-state index is 0.0637. The molecule has 0 aromatic carbocycles. The zero-order chi connectivity index (χ0) is 13.3. The Balaban J connectivity index is 3.49. The number of unbranched alkanes of at least 4 members (excludes halogenated alkanes) is 2. The quantitative estimate of drug-likeness (QED) is 0.456. The number of rotatable bonds is 10. The number of aliphatic hydroxyl groups is 1. The van der Waals surface area contributed by atoms with Gasteiger partial charge < -0.3 is 15.6 Å². The van der Waals surface area contributed by atoms with Crippen LogP contribution in [0.15, 0.2) is 0 Å². The predicted molar refractivity (Wildman–Crippen MR) is 68.6 cm³/mol. The number of nitrogens with two attached hydrogens (primary N) is 1. The van der Waals surface area contributed by atoms with E-state index in [0.717, 1.165) is 25.7 Å². The fraction of sp³-hybridized carbons (Fsp3) is 0.923. The Kier molecular flexibility index (Phi) is 8.39. The molecule has 3 N–H and O–H groups in total. The van der Waals surface area contributed by atoms with Crippen molar-refractivity contribution < 1.29 is 14.6 Å². The number of hydrogen-bond acceptors (Lipinski definition) is 4. The average molecular weight is 245 g/mol. The summed E-state index contributed by atoms with van der Waals surface area (Å²) in [5.74, 6) is -0.0637. The summed E-state index contributed by atoms with van der Waals surface area (Å²) in [6.45, 7) is 6.03. The zero-order valence-electron chi connectivity index (χ0n) is 11.4. The molecule has 4 heteroatoms. The number of carbonyl (C=O) groups excluding carboxylic acids is 1. The second-order valence-corrected chi connectivity index (χ2v) is 4.68. The topological polar surface area (TPSA) is 72.5 Å². The molecule has 102 valence electrons. The first-order chi connectivity index (χ1) is 7.94. The summed E-state index contributed by atoms with van der Waals surface area (Å²) in [5.41, 5.74) is 4.45. The van der Waals surface area contributed by atoms with Gasteiger partial charge in [0.1, 0.15) is 11.8 Å². The lowest BCUT2D eigenvalue weighted by Gasteiger charge is -2.19. The first-order valence-electron chi connectivity index (χ1n) is 6.57. The van der Waals surface area contributed by atoms with Crippen LogP contribution in [0.2, 0.25) is 0 Å². The van der Waals surface area contributed by atoms with E-state index in [2.05, 4.69) is 0 Å². The van der Waals surface area contributed by atoms with Gasteiger partial charge in [-0.15, -0.1) is 0 Å². The Morgan fingerprint density at radius 3 is 2.53 bits per heavy atom. The molecule has 0 aromatic heterocycles. The van der Waals surface area contributed by atoms with Gasteiger partial charge in [-0.2, -0.15) is 0 Å². The summed E-state index contributed by atoms with van der Waals surface area (Å²) in [5, 5.41) is 9.71. The molecule has 0 spiro atoms. The molecule has 0 aromatic rings. The van der Waals surface area contributed by atoms with Crippen LogP contribution in [0, 0.1) is 0 Å². The molecule has 0 fully saturated rings. The number of ketones is 1. The van der Waals surface area contributed by atoms with Crippen molar-refractivity contribution in [3.8, 4) is 0 Å². The van der Waals surface area contributed by atoms with Crippen molar-refractivity contribution in [1.82, 2.24) is 0 Å². The van der Waals surface area contributed by atoms with Crippen LogP contribution in [-0.4, -0.2) is 29.3 Å². The standard InChI is InChI=1S/C13H27NO3/c1-4-12(14)17-10-8-6-7-9-11(15)13(3,16)5-2/h12,16H,4-10,14H2,1-3H3. The normalized spacial score (nSPS) is 16.5. The number of ether oxygens (including phenoxy) is 1. The molecule has 0 saturated carbocycles. The highest BCUT2D eigenvalue weighted by molar-refractivity contribution is 5.86. The van der Waals surface area contributed by atoms with E-state index in [-0.39, 0.29) is 12.0 Å². The van der Waals surface area contributed by atoms with Gasteiger partial charge in [0.05, 0.1) is 0 Å². The van der Waals surface area contributed by atoms with Crippen LogP contribution in [0.1, 0.15) is 59.3 Å². The van der Waals surface area contributed by atoms with Gasteiger partial charge in [0.15, 0.2) is 5.78 Å². The lowest BCUT2D eigenvalue weighted by atomic mass is 9.94. The monoisotopic (exact) mass is 245 g/mol. The smallest absolute Gasteiger partial charge is 0.164 e. The minimum atomic E-state index is -1.15. The maximum atomic E-state index is 11.6. The van der Waals surface area contributed by atoms with Crippen LogP contribution in [0.4, 0.5) is 0 Å². The van der Waals surface area contributed by atoms with Gasteiger partial charge in [-0.1, -0.05) is 20.3 Å². The lowest BCUT2D eigenvalue weighted by molar-refractivity contribution is -0.136. The van der Waals surface area contributed by atoms with Crippen LogP contribution in [0.5, 0.6) is 0 Å². The lowest BCUT2D eigenvalue weighted by Crippen LogP contribution is -2.33. The van der Waals surface area contributed by atoms with E-state index in [1.165, 1.54) is 0 Å². The molecule has 0 heterocycles. The number of carbonyl (C=O) groups is 1. The molecule has 0 aliphatic rings. The third kappa shape index (κ3) is 7.47. The second-order valence-electron chi connectivity index (χ2n) is 4.68. The SMILES string of the molecule is CCC(N)OCCCCCC(=O)C(C)(O)CC. The summed E-state index contributed by atoms with van der Waals surface area (Å²) >= 11 is 0. The molecule has 4 nitrogen and oxygen atoms in total. The summed E-state index contributed by atoms with van der Waals surface area (Å²) in [6, 6.07) is 0. The van der Waals surface area contributed by atoms with Crippen molar-refractivity contribution >= 4 is 5.78 Å². The highest BCUT2D eigenvalue weighted by atomic mass is 16.5. The van der Waals surface area contributed by atoms with Crippen molar-refractivity contribution in [3.05, 3.63) is 0 Å². The second kappa shape index (κ2) is 8.61. The van der Waals surface area contributed by atoms with Crippen LogP contribution >= 0.6 is 0 Å². The van der Waals surface area contributed by atoms with Gasteiger partial charge in [0.25, 0.3) is 0 Å². The molecule has 2 unspecified atom stereocenters. The summed E-state index contributed by atoms with van der Waals surface area (Å²) in [7, 11) is 0. The van der Waals surface area contributed by atoms with Crippen LogP contribution in [0.3, 0.4) is 0 Å². The molecule has 0 radical (unpaired) electrons. The highest BCUT2D eigenvalue weighted by Crippen LogP contribution is 2.14. The molecular weight excluding hydrogens is 218 g/mol. The van der Waals surface area contributed by atoms with Gasteiger partial charge in [-0.25, -0.2) is 0 Å². The van der Waals surface area contributed by atoms with Crippen molar-refractivity contribution in [2.24, 2.45) is 5.73 Å². The Hall–Kier alpha value is -0.450. The molecule has 2 atom stereocenters. The molecular formula is C13H27NO3. The fourth-order valence-electron chi connectivity index (χ4n) is 1.38. The van der Waals surface area contributed by atoms with Gasteiger partial charge in [0.2, 0.25) is 0 Å². The summed E-state index contributed by atoms with van der Waals surface area (Å²) in [6.07, 6.45) is 4.22. The number of hydrogen-bond donors (Lipinski definition) is 2. The maximum absolute atomic E-state index is 11.6. The molecule has 17 heavy (non-hydrogen) atoms. The predicted octanol–water partition coefficient (Wildman–Crippen LogP) is 1.99. The van der Waals surface area contributed by atoms with E-state index in [0.29, 0.717) is 19.4 Å². The van der Waals surface area contributed by atoms with Crippen molar-refractivity contribution in [1.29, 1.82) is 0 Å². The minimum Gasteiger partial charge on any atom is -0.382 e. The van der Waals surface area contributed by atoms with Crippen LogP contribution < -0.4 is 5.73 Å². The van der Waals surface area contributed by atoms with E-state index in [4.69, 9.17) is 10.5 Å². The van der Waals surface area contributed by atoms with Crippen molar-refractivity contribution in [3.63, 3.8) is 0 Å². The van der Waals surface area contributed by atoms with Gasteiger partial charge >= 0.3 is 0 Å². The first-order valence-corrected chi connectivity index (χ1v) is 6.57. The Bertz CT molecular complexity index is 217. The molecule has 0 rings (SSSR count). The summed E-state index contributed by atoms with van der Waals surface area (Å²) < 4.78 is 5.33. The zero-order valence-corrected chi connectivity index (χ0v) is 11.4. The largest absolute Gasteiger partial charge is 0.382 e.